The topological polar surface area (TPSA) is 71.1 Å². The van der Waals surface area contributed by atoms with Gasteiger partial charge in [-0.25, -0.2) is 0 Å². The monoisotopic (exact) mass is 389 g/mol. The van der Waals surface area contributed by atoms with Crippen LogP contribution >= 0.6 is 0 Å². The number of rotatable bonds is 6. The summed E-state index contributed by atoms with van der Waals surface area (Å²) in [6.07, 6.45) is 2.28. The van der Waals surface area contributed by atoms with Crippen molar-refractivity contribution in [2.75, 3.05) is 40.4 Å². The van der Waals surface area contributed by atoms with Crippen LogP contribution in [0.3, 0.4) is 0 Å². The highest BCUT2D eigenvalue weighted by molar-refractivity contribution is 5.88. The van der Waals surface area contributed by atoms with Crippen molar-refractivity contribution in [1.82, 2.24) is 15.1 Å². The van der Waals surface area contributed by atoms with E-state index in [1.54, 1.807) is 14.2 Å². The zero-order valence-corrected chi connectivity index (χ0v) is 17.1. The van der Waals surface area contributed by atoms with Crippen LogP contribution in [0.4, 0.5) is 0 Å². The van der Waals surface area contributed by atoms with Crippen LogP contribution in [0.1, 0.15) is 31.7 Å². The lowest BCUT2D eigenvalue weighted by Crippen LogP contribution is -2.56. The Hall–Kier alpha value is -2.28. The van der Waals surface area contributed by atoms with Crippen molar-refractivity contribution in [2.45, 2.75) is 38.8 Å². The van der Waals surface area contributed by atoms with Crippen molar-refractivity contribution in [1.29, 1.82) is 0 Å². The lowest BCUT2D eigenvalue weighted by Gasteiger charge is -2.37. The quantitative estimate of drug-likeness (QED) is 0.801. The fraction of sp³-hybridized carbons (Fsp3) is 0.619. The summed E-state index contributed by atoms with van der Waals surface area (Å²) in [6.45, 7) is 5.61. The van der Waals surface area contributed by atoms with Gasteiger partial charge in [0, 0.05) is 38.3 Å². The van der Waals surface area contributed by atoms with E-state index < -0.39 is 6.04 Å². The number of ether oxygens (including phenoxy) is 2. The summed E-state index contributed by atoms with van der Waals surface area (Å²) < 4.78 is 10.9. The lowest BCUT2D eigenvalue weighted by atomic mass is 9.98. The molecule has 2 aliphatic heterocycles. The smallest absolute Gasteiger partial charge is 0.237 e. The minimum Gasteiger partial charge on any atom is -0.493 e. The van der Waals surface area contributed by atoms with E-state index in [2.05, 4.69) is 17.1 Å². The van der Waals surface area contributed by atoms with E-state index >= 15 is 0 Å². The summed E-state index contributed by atoms with van der Waals surface area (Å²) >= 11 is 0. The highest BCUT2D eigenvalue weighted by Gasteiger charge is 2.34. The summed E-state index contributed by atoms with van der Waals surface area (Å²) in [5.74, 6) is 1.99. The Morgan fingerprint density at radius 3 is 2.61 bits per heavy atom. The summed E-state index contributed by atoms with van der Waals surface area (Å²) in [5, 5.41) is 2.91. The normalized spacial score (nSPS) is 21.3. The molecule has 0 aromatic heterocycles. The summed E-state index contributed by atoms with van der Waals surface area (Å²) in [7, 11) is 3.22. The Bertz CT molecular complexity index is 701. The van der Waals surface area contributed by atoms with E-state index in [9.17, 15) is 9.59 Å². The number of benzene rings is 1. The van der Waals surface area contributed by atoms with Gasteiger partial charge in [0.1, 0.15) is 0 Å². The molecule has 1 atom stereocenters. The van der Waals surface area contributed by atoms with Gasteiger partial charge in [0.15, 0.2) is 11.5 Å². The van der Waals surface area contributed by atoms with E-state index in [0.717, 1.165) is 31.5 Å². The highest BCUT2D eigenvalue weighted by Crippen LogP contribution is 2.32. The zero-order chi connectivity index (χ0) is 20.1. The van der Waals surface area contributed by atoms with Gasteiger partial charge in [0.05, 0.1) is 26.7 Å². The molecule has 2 saturated heterocycles. The number of nitrogens with one attached hydrogen (secondary N) is 1. The van der Waals surface area contributed by atoms with E-state index in [1.165, 1.54) is 0 Å². The van der Waals surface area contributed by atoms with E-state index in [0.29, 0.717) is 37.1 Å². The number of para-hydroxylation sites is 1. The maximum absolute atomic E-state index is 12.8. The largest absolute Gasteiger partial charge is 0.493 e. The first-order valence-corrected chi connectivity index (χ1v) is 10.0. The van der Waals surface area contributed by atoms with Gasteiger partial charge < -0.3 is 19.7 Å². The van der Waals surface area contributed by atoms with Crippen LogP contribution in [0.15, 0.2) is 18.2 Å². The van der Waals surface area contributed by atoms with Gasteiger partial charge in [-0.15, -0.1) is 0 Å². The number of nitrogens with zero attached hydrogens (tertiary/aromatic N) is 2. The fourth-order valence-corrected chi connectivity index (χ4v) is 4.02. The summed E-state index contributed by atoms with van der Waals surface area (Å²) in [5.41, 5.74) is 0.945. The van der Waals surface area contributed by atoms with Crippen LogP contribution in [-0.2, 0) is 16.1 Å². The van der Waals surface area contributed by atoms with Crippen molar-refractivity contribution < 1.29 is 19.1 Å². The molecule has 1 N–H and O–H groups in total. The number of hydrogen-bond acceptors (Lipinski definition) is 5. The third-order valence-electron chi connectivity index (χ3n) is 5.80. The van der Waals surface area contributed by atoms with E-state index in [1.807, 2.05) is 23.1 Å². The van der Waals surface area contributed by atoms with Gasteiger partial charge in [0.2, 0.25) is 11.8 Å². The Kier molecular flexibility index (Phi) is 6.78. The summed E-state index contributed by atoms with van der Waals surface area (Å²) in [4.78, 5) is 29.4. The average molecular weight is 389 g/mol. The van der Waals surface area contributed by atoms with Crippen molar-refractivity contribution in [3.05, 3.63) is 23.8 Å². The Morgan fingerprint density at radius 2 is 1.93 bits per heavy atom. The molecule has 0 aliphatic carbocycles. The molecule has 1 aromatic carbocycles. The predicted molar refractivity (Wildman–Crippen MR) is 106 cm³/mol. The highest BCUT2D eigenvalue weighted by atomic mass is 16.5. The van der Waals surface area contributed by atoms with Crippen LogP contribution < -0.4 is 14.8 Å². The first-order chi connectivity index (χ1) is 13.5. The Morgan fingerprint density at radius 1 is 1.18 bits per heavy atom. The Balaban J connectivity index is 1.72. The molecule has 0 radical (unpaired) electrons. The molecule has 7 heteroatoms. The molecule has 1 aromatic rings. The number of amides is 2. The molecule has 28 heavy (non-hydrogen) atoms. The first-order valence-electron chi connectivity index (χ1n) is 10.0. The molecule has 0 bridgehead atoms. The number of likely N-dealkylation sites (tertiary alicyclic amines) is 1. The predicted octanol–water partition coefficient (Wildman–Crippen LogP) is 1.65. The number of hydrogen-bond donors (Lipinski definition) is 1. The van der Waals surface area contributed by atoms with Crippen LogP contribution in [0, 0.1) is 5.92 Å². The number of carbonyl (C=O) groups is 2. The number of methoxy groups -OCH3 is 2. The number of carbonyl (C=O) groups excluding carboxylic acids is 2. The van der Waals surface area contributed by atoms with Crippen molar-refractivity contribution >= 4 is 11.8 Å². The number of piperidine rings is 1. The van der Waals surface area contributed by atoms with Crippen LogP contribution in [-0.4, -0.2) is 68.1 Å². The second-order valence-corrected chi connectivity index (χ2v) is 7.70. The van der Waals surface area contributed by atoms with Crippen LogP contribution in [0.25, 0.3) is 0 Å². The van der Waals surface area contributed by atoms with Gasteiger partial charge in [-0.2, -0.15) is 0 Å². The van der Waals surface area contributed by atoms with Crippen LogP contribution in [0.5, 0.6) is 11.5 Å². The zero-order valence-electron chi connectivity index (χ0n) is 17.1. The standard InChI is InChI=1S/C21H31N3O4/c1-15-7-10-23(11-8-15)19(25)13-17-21(26)22-9-12-24(17)14-16-5-4-6-18(27-2)20(16)28-3/h4-6,15,17H,7-14H2,1-3H3,(H,22,26)/t17-/m1/s1. The first kappa shape index (κ1) is 20.5. The van der Waals surface area contributed by atoms with Crippen molar-refractivity contribution in [2.24, 2.45) is 5.92 Å². The molecule has 2 amide bonds. The second-order valence-electron chi connectivity index (χ2n) is 7.70. The molecule has 154 valence electrons. The molecular weight excluding hydrogens is 358 g/mol. The molecule has 2 fully saturated rings. The lowest BCUT2D eigenvalue weighted by molar-refractivity contribution is -0.140. The van der Waals surface area contributed by atoms with E-state index in [4.69, 9.17) is 9.47 Å². The van der Waals surface area contributed by atoms with Crippen LogP contribution in [0.2, 0.25) is 0 Å². The number of piperazine rings is 1. The van der Waals surface area contributed by atoms with Crippen molar-refractivity contribution in [3.63, 3.8) is 0 Å². The molecule has 0 spiro atoms. The molecule has 0 unspecified atom stereocenters. The van der Waals surface area contributed by atoms with Crippen molar-refractivity contribution in [3.8, 4) is 11.5 Å². The Labute approximate surface area is 167 Å². The maximum atomic E-state index is 12.8. The SMILES string of the molecule is COc1cccc(CN2CCNC(=O)[C@H]2CC(=O)N2CCC(C)CC2)c1OC. The van der Waals surface area contributed by atoms with Gasteiger partial charge in [-0.1, -0.05) is 19.1 Å². The van der Waals surface area contributed by atoms with Gasteiger partial charge in [-0.05, 0) is 24.8 Å². The third kappa shape index (κ3) is 4.58. The molecule has 3 rings (SSSR count). The maximum Gasteiger partial charge on any atom is 0.237 e. The summed E-state index contributed by atoms with van der Waals surface area (Å²) in [6, 6.07) is 5.27. The molecule has 2 heterocycles. The minimum atomic E-state index is -0.462. The average Bonchev–Trinajstić information content (AvgIpc) is 2.70. The van der Waals surface area contributed by atoms with E-state index in [-0.39, 0.29) is 18.2 Å². The molecule has 7 nitrogen and oxygen atoms in total. The van der Waals surface area contributed by atoms with Gasteiger partial charge in [-0.3, -0.25) is 14.5 Å². The minimum absolute atomic E-state index is 0.0663. The second kappa shape index (κ2) is 9.28. The fourth-order valence-electron chi connectivity index (χ4n) is 4.02. The van der Waals surface area contributed by atoms with Gasteiger partial charge >= 0.3 is 0 Å². The molecular formula is C21H31N3O4. The van der Waals surface area contributed by atoms with Gasteiger partial charge in [0.25, 0.3) is 0 Å². The molecule has 2 aliphatic rings. The molecule has 0 saturated carbocycles. The third-order valence-corrected chi connectivity index (χ3v) is 5.80.